The molecule has 2 atom stereocenters. The standard InChI is InChI=1S/C11H9F5O/c12-10(13)8(5-17)9(10)6-2-1-3-7(4-6)11(14,15)16/h1-4,8-9,17H,5H2/t8-,9-/m0/s1. The van der Waals surface area contributed by atoms with Crippen molar-refractivity contribution in [1.82, 2.24) is 0 Å². The van der Waals surface area contributed by atoms with E-state index in [9.17, 15) is 22.0 Å². The number of hydrogen-bond acceptors (Lipinski definition) is 1. The second kappa shape index (κ2) is 3.66. The number of hydrogen-bond donors (Lipinski definition) is 1. The molecule has 1 N–H and O–H groups in total. The van der Waals surface area contributed by atoms with Gasteiger partial charge in [0.15, 0.2) is 0 Å². The molecule has 0 aromatic heterocycles. The number of alkyl halides is 5. The summed E-state index contributed by atoms with van der Waals surface area (Å²) in [4.78, 5) is 0. The first kappa shape index (κ1) is 12.3. The molecule has 94 valence electrons. The highest BCUT2D eigenvalue weighted by atomic mass is 19.4. The van der Waals surface area contributed by atoms with Crippen LogP contribution in [0, 0.1) is 5.92 Å². The SMILES string of the molecule is OC[C@H]1[C@H](c2cccc(C(F)(F)F)c2)C1(F)F. The monoisotopic (exact) mass is 252 g/mol. The maximum atomic E-state index is 13.1. The van der Waals surface area contributed by atoms with Crippen molar-refractivity contribution in [1.29, 1.82) is 0 Å². The minimum absolute atomic E-state index is 0.0797. The largest absolute Gasteiger partial charge is 0.416 e. The lowest BCUT2D eigenvalue weighted by molar-refractivity contribution is -0.137. The second-order valence-corrected chi connectivity index (χ2v) is 4.06. The lowest BCUT2D eigenvalue weighted by Gasteiger charge is -2.08. The van der Waals surface area contributed by atoms with Gasteiger partial charge in [0.25, 0.3) is 5.92 Å². The van der Waals surface area contributed by atoms with Crippen LogP contribution in [0.25, 0.3) is 0 Å². The van der Waals surface area contributed by atoms with Crippen molar-refractivity contribution in [3.63, 3.8) is 0 Å². The fourth-order valence-electron chi connectivity index (χ4n) is 1.98. The predicted molar refractivity (Wildman–Crippen MR) is 49.7 cm³/mol. The van der Waals surface area contributed by atoms with Crippen LogP contribution in [0.2, 0.25) is 0 Å². The molecule has 1 nitrogen and oxygen atoms in total. The van der Waals surface area contributed by atoms with E-state index in [2.05, 4.69) is 0 Å². The van der Waals surface area contributed by atoms with Gasteiger partial charge in [-0.05, 0) is 11.6 Å². The molecule has 0 amide bonds. The van der Waals surface area contributed by atoms with E-state index in [0.717, 1.165) is 12.1 Å². The van der Waals surface area contributed by atoms with E-state index in [1.54, 1.807) is 0 Å². The van der Waals surface area contributed by atoms with Crippen LogP contribution >= 0.6 is 0 Å². The number of benzene rings is 1. The van der Waals surface area contributed by atoms with Gasteiger partial charge in [-0.15, -0.1) is 0 Å². The van der Waals surface area contributed by atoms with Gasteiger partial charge in [0.05, 0.1) is 24.0 Å². The van der Waals surface area contributed by atoms with Crippen LogP contribution in [0.4, 0.5) is 22.0 Å². The van der Waals surface area contributed by atoms with Gasteiger partial charge in [-0.2, -0.15) is 13.2 Å². The van der Waals surface area contributed by atoms with E-state index in [-0.39, 0.29) is 5.56 Å². The number of rotatable bonds is 2. The van der Waals surface area contributed by atoms with Gasteiger partial charge in [-0.3, -0.25) is 0 Å². The molecule has 1 aromatic rings. The van der Waals surface area contributed by atoms with Gasteiger partial charge >= 0.3 is 6.18 Å². The Balaban J connectivity index is 2.30. The van der Waals surface area contributed by atoms with Crippen molar-refractivity contribution in [2.75, 3.05) is 6.61 Å². The highest BCUT2D eigenvalue weighted by Crippen LogP contribution is 2.61. The summed E-state index contributed by atoms with van der Waals surface area (Å²) in [5, 5.41) is 8.70. The van der Waals surface area contributed by atoms with E-state index >= 15 is 0 Å². The smallest absolute Gasteiger partial charge is 0.396 e. The van der Waals surface area contributed by atoms with E-state index in [0.29, 0.717) is 6.07 Å². The Morgan fingerprint density at radius 2 is 1.88 bits per heavy atom. The van der Waals surface area contributed by atoms with E-state index in [1.165, 1.54) is 6.07 Å². The normalized spacial score (nSPS) is 26.9. The van der Waals surface area contributed by atoms with E-state index in [1.807, 2.05) is 0 Å². The minimum Gasteiger partial charge on any atom is -0.396 e. The fourth-order valence-corrected chi connectivity index (χ4v) is 1.98. The first-order chi connectivity index (χ1) is 7.78. The van der Waals surface area contributed by atoms with E-state index in [4.69, 9.17) is 5.11 Å². The summed E-state index contributed by atoms with van der Waals surface area (Å²) in [5.41, 5.74) is -1.03. The van der Waals surface area contributed by atoms with Gasteiger partial charge in [-0.25, -0.2) is 8.78 Å². The van der Waals surface area contributed by atoms with Crippen molar-refractivity contribution in [2.45, 2.75) is 18.0 Å². The molecule has 0 radical (unpaired) electrons. The summed E-state index contributed by atoms with van der Waals surface area (Å²) in [6.45, 7) is -0.728. The van der Waals surface area contributed by atoms with Gasteiger partial charge in [0.1, 0.15) is 0 Å². The molecular formula is C11H9F5O. The average molecular weight is 252 g/mol. The summed E-state index contributed by atoms with van der Waals surface area (Å²) >= 11 is 0. The zero-order chi connectivity index (χ0) is 12.8. The molecule has 0 unspecified atom stereocenters. The number of aliphatic hydroxyl groups is 1. The average Bonchev–Trinajstić information content (AvgIpc) is 2.79. The summed E-state index contributed by atoms with van der Waals surface area (Å²) in [7, 11) is 0. The molecule has 1 aliphatic rings. The summed E-state index contributed by atoms with van der Waals surface area (Å²) in [5.74, 6) is -5.69. The van der Waals surface area contributed by atoms with Crippen LogP contribution in [0.3, 0.4) is 0 Å². The Morgan fingerprint density at radius 1 is 1.24 bits per heavy atom. The van der Waals surface area contributed by atoms with Crippen molar-refractivity contribution in [3.05, 3.63) is 35.4 Å². The van der Waals surface area contributed by atoms with Crippen molar-refractivity contribution < 1.29 is 27.1 Å². The van der Waals surface area contributed by atoms with Crippen LogP contribution in [0.15, 0.2) is 24.3 Å². The van der Waals surface area contributed by atoms with Crippen molar-refractivity contribution in [3.8, 4) is 0 Å². The molecule has 6 heteroatoms. The first-order valence-corrected chi connectivity index (χ1v) is 4.94. The molecule has 0 spiro atoms. The molecule has 0 saturated heterocycles. The first-order valence-electron chi connectivity index (χ1n) is 4.94. The second-order valence-electron chi connectivity index (χ2n) is 4.06. The maximum Gasteiger partial charge on any atom is 0.416 e. The molecular weight excluding hydrogens is 243 g/mol. The molecule has 0 heterocycles. The summed E-state index contributed by atoms with van der Waals surface area (Å²) in [6.07, 6.45) is -4.55. The Kier molecular flexibility index (Phi) is 2.65. The van der Waals surface area contributed by atoms with Crippen LogP contribution < -0.4 is 0 Å². The Bertz CT molecular complexity index is 426. The van der Waals surface area contributed by atoms with Gasteiger partial charge in [0.2, 0.25) is 0 Å². The predicted octanol–water partition coefficient (Wildman–Crippen LogP) is 3.05. The Morgan fingerprint density at radius 3 is 2.35 bits per heavy atom. The van der Waals surface area contributed by atoms with Gasteiger partial charge < -0.3 is 5.11 Å². The Hall–Kier alpha value is -1.17. The van der Waals surface area contributed by atoms with Crippen LogP contribution in [0.1, 0.15) is 17.0 Å². The molecule has 1 aliphatic carbocycles. The lowest BCUT2D eigenvalue weighted by Crippen LogP contribution is -2.05. The third-order valence-corrected chi connectivity index (χ3v) is 2.97. The Labute approximate surface area is 93.9 Å². The van der Waals surface area contributed by atoms with Crippen molar-refractivity contribution >= 4 is 0 Å². The summed E-state index contributed by atoms with van der Waals surface area (Å²) in [6, 6.07) is 3.87. The molecule has 17 heavy (non-hydrogen) atoms. The molecule has 0 aliphatic heterocycles. The molecule has 0 bridgehead atoms. The highest BCUT2D eigenvalue weighted by molar-refractivity contribution is 5.36. The number of halogens is 5. The number of aliphatic hydroxyl groups excluding tert-OH is 1. The fraction of sp³-hybridized carbons (Fsp3) is 0.455. The van der Waals surface area contributed by atoms with E-state index < -0.39 is 36.1 Å². The topological polar surface area (TPSA) is 20.2 Å². The molecule has 1 aromatic carbocycles. The molecule has 1 saturated carbocycles. The zero-order valence-electron chi connectivity index (χ0n) is 8.51. The van der Waals surface area contributed by atoms with Gasteiger partial charge in [0, 0.05) is 0 Å². The van der Waals surface area contributed by atoms with Crippen LogP contribution in [-0.2, 0) is 6.18 Å². The van der Waals surface area contributed by atoms with Crippen molar-refractivity contribution in [2.24, 2.45) is 5.92 Å². The summed E-state index contributed by atoms with van der Waals surface area (Å²) < 4.78 is 63.4. The third kappa shape index (κ3) is 2.01. The highest BCUT2D eigenvalue weighted by Gasteiger charge is 2.68. The zero-order valence-corrected chi connectivity index (χ0v) is 8.51. The molecule has 2 rings (SSSR count). The lowest BCUT2D eigenvalue weighted by atomic mass is 10.1. The maximum absolute atomic E-state index is 13.1. The van der Waals surface area contributed by atoms with Crippen LogP contribution in [-0.4, -0.2) is 17.6 Å². The molecule has 1 fully saturated rings. The third-order valence-electron chi connectivity index (χ3n) is 2.97. The quantitative estimate of drug-likeness (QED) is 0.802. The van der Waals surface area contributed by atoms with Gasteiger partial charge in [-0.1, -0.05) is 18.2 Å². The van der Waals surface area contributed by atoms with Crippen LogP contribution in [0.5, 0.6) is 0 Å². The minimum atomic E-state index is -4.55.